The van der Waals surface area contributed by atoms with Crippen molar-refractivity contribution < 1.29 is 19.8 Å². The molecule has 0 aromatic heterocycles. The second kappa shape index (κ2) is 19.7. The molecule has 0 radical (unpaired) electrons. The van der Waals surface area contributed by atoms with Crippen molar-refractivity contribution in [2.75, 3.05) is 0 Å². The zero-order chi connectivity index (χ0) is 20.2. The molecule has 160 valence electrons. The molecule has 27 heavy (non-hydrogen) atoms. The van der Waals surface area contributed by atoms with Crippen LogP contribution in [0.2, 0.25) is 0 Å². The third kappa shape index (κ3) is 19.5. The zero-order valence-electron chi connectivity index (χ0n) is 17.7. The van der Waals surface area contributed by atoms with Gasteiger partial charge in [0.1, 0.15) is 0 Å². The Bertz CT molecular complexity index is 354. The van der Waals surface area contributed by atoms with E-state index in [0.29, 0.717) is 6.42 Å². The first-order valence-electron chi connectivity index (χ1n) is 11.5. The number of hydrogen-bond donors (Lipinski definition) is 2. The first kappa shape index (κ1) is 25.9. The summed E-state index contributed by atoms with van der Waals surface area (Å²) in [5.41, 5.74) is 0. The quantitative estimate of drug-likeness (QED) is 0.205. The van der Waals surface area contributed by atoms with E-state index in [1.165, 1.54) is 89.9 Å². The van der Waals surface area contributed by atoms with Crippen LogP contribution in [0.5, 0.6) is 0 Å². The van der Waals surface area contributed by atoms with E-state index in [2.05, 4.69) is 6.92 Å². The molecular formula is C23H44O4. The van der Waals surface area contributed by atoms with Crippen molar-refractivity contribution in [2.45, 2.75) is 129 Å². The Morgan fingerprint density at radius 1 is 0.593 bits per heavy atom. The summed E-state index contributed by atoms with van der Waals surface area (Å²) in [6.07, 6.45) is 22.3. The van der Waals surface area contributed by atoms with Gasteiger partial charge in [0.2, 0.25) is 0 Å². The largest absolute Gasteiger partial charge is 0.481 e. The van der Waals surface area contributed by atoms with Crippen LogP contribution in [0.3, 0.4) is 0 Å². The van der Waals surface area contributed by atoms with Gasteiger partial charge in [-0.15, -0.1) is 0 Å². The van der Waals surface area contributed by atoms with Gasteiger partial charge in [0, 0.05) is 0 Å². The second-order valence-electron chi connectivity index (χ2n) is 8.08. The summed E-state index contributed by atoms with van der Waals surface area (Å²) < 4.78 is 0. The predicted molar refractivity (Wildman–Crippen MR) is 112 cm³/mol. The molecule has 4 nitrogen and oxygen atoms in total. The van der Waals surface area contributed by atoms with Crippen LogP contribution in [0.4, 0.5) is 0 Å². The van der Waals surface area contributed by atoms with Gasteiger partial charge in [0.15, 0.2) is 0 Å². The summed E-state index contributed by atoms with van der Waals surface area (Å²) in [7, 11) is 0. The number of unbranched alkanes of at least 4 members (excludes halogenated alkanes) is 16. The minimum Gasteiger partial charge on any atom is -0.481 e. The fraction of sp³-hybridized carbons (Fsp3) is 0.913. The lowest BCUT2D eigenvalue weighted by atomic mass is 9.97. The number of aliphatic carboxylic acids is 2. The number of hydrogen-bond acceptors (Lipinski definition) is 2. The summed E-state index contributed by atoms with van der Waals surface area (Å²) in [5.74, 6) is -2.72. The van der Waals surface area contributed by atoms with Crippen molar-refractivity contribution in [2.24, 2.45) is 5.92 Å². The summed E-state index contributed by atoms with van der Waals surface area (Å²) in [6.45, 7) is 2.27. The maximum Gasteiger partial charge on any atom is 0.307 e. The van der Waals surface area contributed by atoms with Crippen molar-refractivity contribution in [3.63, 3.8) is 0 Å². The molecule has 0 bridgehead atoms. The molecule has 0 aliphatic carbocycles. The van der Waals surface area contributed by atoms with Gasteiger partial charge in [-0.1, -0.05) is 116 Å². The van der Waals surface area contributed by atoms with Crippen LogP contribution in [-0.4, -0.2) is 22.2 Å². The number of carboxylic acids is 2. The summed E-state index contributed by atoms with van der Waals surface area (Å²) in [5, 5.41) is 17.7. The van der Waals surface area contributed by atoms with E-state index in [4.69, 9.17) is 10.2 Å². The standard InChI is InChI=1S/C23H44O4/c1-2-3-4-5-6-7-8-9-10-11-12-13-14-15-16-17-18-19-21(23(26)27)20-22(24)25/h21H,2-20H2,1H3,(H,24,25)(H,26,27). The third-order valence-corrected chi connectivity index (χ3v) is 5.43. The molecule has 0 amide bonds. The number of carboxylic acid groups (broad SMARTS) is 2. The topological polar surface area (TPSA) is 74.6 Å². The fourth-order valence-corrected chi connectivity index (χ4v) is 3.64. The van der Waals surface area contributed by atoms with E-state index in [1.807, 2.05) is 0 Å². The molecule has 0 heterocycles. The summed E-state index contributed by atoms with van der Waals surface area (Å²) in [6, 6.07) is 0. The van der Waals surface area contributed by atoms with Gasteiger partial charge in [-0.05, 0) is 6.42 Å². The Balaban J connectivity index is 3.24. The molecule has 0 aromatic rings. The maximum atomic E-state index is 11.0. The lowest BCUT2D eigenvalue weighted by molar-refractivity contribution is -0.148. The molecule has 0 saturated carbocycles. The van der Waals surface area contributed by atoms with E-state index < -0.39 is 17.9 Å². The number of carbonyl (C=O) groups is 2. The van der Waals surface area contributed by atoms with Crippen molar-refractivity contribution in [1.82, 2.24) is 0 Å². The van der Waals surface area contributed by atoms with Gasteiger partial charge in [-0.3, -0.25) is 9.59 Å². The van der Waals surface area contributed by atoms with Gasteiger partial charge < -0.3 is 10.2 Å². The molecule has 0 aliphatic rings. The van der Waals surface area contributed by atoms with Crippen LogP contribution in [0.25, 0.3) is 0 Å². The van der Waals surface area contributed by atoms with E-state index >= 15 is 0 Å². The molecule has 0 spiro atoms. The molecule has 4 heteroatoms. The average molecular weight is 385 g/mol. The molecule has 0 aromatic carbocycles. The third-order valence-electron chi connectivity index (χ3n) is 5.43. The second-order valence-corrected chi connectivity index (χ2v) is 8.08. The molecule has 1 atom stereocenters. The van der Waals surface area contributed by atoms with Crippen LogP contribution in [0.1, 0.15) is 129 Å². The molecular weight excluding hydrogens is 340 g/mol. The monoisotopic (exact) mass is 384 g/mol. The molecule has 0 saturated heterocycles. The van der Waals surface area contributed by atoms with Crippen molar-refractivity contribution in [1.29, 1.82) is 0 Å². The van der Waals surface area contributed by atoms with Crippen molar-refractivity contribution in [3.8, 4) is 0 Å². The molecule has 0 rings (SSSR count). The van der Waals surface area contributed by atoms with Crippen LogP contribution >= 0.6 is 0 Å². The SMILES string of the molecule is CCCCCCCCCCCCCCCCCCCC(CC(=O)O)C(=O)O. The zero-order valence-corrected chi connectivity index (χ0v) is 17.7. The molecule has 0 fully saturated rings. The van der Waals surface area contributed by atoms with E-state index in [9.17, 15) is 9.59 Å². The Morgan fingerprint density at radius 2 is 0.926 bits per heavy atom. The maximum absolute atomic E-state index is 11.0. The summed E-state index contributed by atoms with van der Waals surface area (Å²) in [4.78, 5) is 21.6. The van der Waals surface area contributed by atoms with E-state index in [-0.39, 0.29) is 6.42 Å². The van der Waals surface area contributed by atoms with E-state index in [0.717, 1.165) is 19.3 Å². The predicted octanol–water partition coefficient (Wildman–Crippen LogP) is 7.20. The fourth-order valence-electron chi connectivity index (χ4n) is 3.64. The highest BCUT2D eigenvalue weighted by Crippen LogP contribution is 2.17. The van der Waals surface area contributed by atoms with Crippen LogP contribution < -0.4 is 0 Å². The van der Waals surface area contributed by atoms with Gasteiger partial charge in [-0.2, -0.15) is 0 Å². The Morgan fingerprint density at radius 3 is 1.22 bits per heavy atom. The van der Waals surface area contributed by atoms with Gasteiger partial charge in [-0.25, -0.2) is 0 Å². The lowest BCUT2D eigenvalue weighted by Gasteiger charge is -2.09. The van der Waals surface area contributed by atoms with Crippen LogP contribution in [0.15, 0.2) is 0 Å². The lowest BCUT2D eigenvalue weighted by Crippen LogP contribution is -2.17. The Hall–Kier alpha value is -1.06. The van der Waals surface area contributed by atoms with Crippen LogP contribution in [-0.2, 0) is 9.59 Å². The van der Waals surface area contributed by atoms with Gasteiger partial charge >= 0.3 is 11.9 Å². The molecule has 0 aliphatic heterocycles. The smallest absolute Gasteiger partial charge is 0.307 e. The first-order valence-corrected chi connectivity index (χ1v) is 11.5. The number of rotatable bonds is 21. The minimum absolute atomic E-state index is 0.256. The molecule has 2 N–H and O–H groups in total. The van der Waals surface area contributed by atoms with Crippen molar-refractivity contribution >= 4 is 11.9 Å². The normalized spacial score (nSPS) is 12.2. The Labute approximate surface area is 167 Å². The van der Waals surface area contributed by atoms with E-state index in [1.54, 1.807) is 0 Å². The molecule has 1 unspecified atom stereocenters. The highest BCUT2D eigenvalue weighted by atomic mass is 16.4. The summed E-state index contributed by atoms with van der Waals surface area (Å²) >= 11 is 0. The van der Waals surface area contributed by atoms with Crippen LogP contribution in [0, 0.1) is 5.92 Å². The van der Waals surface area contributed by atoms with Crippen molar-refractivity contribution in [3.05, 3.63) is 0 Å². The highest BCUT2D eigenvalue weighted by molar-refractivity contribution is 5.77. The first-order chi connectivity index (χ1) is 13.1. The van der Waals surface area contributed by atoms with Gasteiger partial charge in [0.05, 0.1) is 12.3 Å². The minimum atomic E-state index is -1.02. The highest BCUT2D eigenvalue weighted by Gasteiger charge is 2.20. The average Bonchev–Trinajstić information content (AvgIpc) is 2.62. The Kier molecular flexibility index (Phi) is 18.9. The van der Waals surface area contributed by atoms with Gasteiger partial charge in [0.25, 0.3) is 0 Å².